The van der Waals surface area contributed by atoms with Gasteiger partial charge in [-0.15, -0.1) is 0 Å². The number of carbonyl (C=O) groups excluding carboxylic acids is 1. The van der Waals surface area contributed by atoms with Crippen molar-refractivity contribution in [2.45, 2.75) is 37.8 Å². The first-order chi connectivity index (χ1) is 8.08. The van der Waals surface area contributed by atoms with E-state index in [-0.39, 0.29) is 18.6 Å². The third-order valence-electron chi connectivity index (χ3n) is 3.30. The first-order valence-corrected chi connectivity index (χ1v) is 6.03. The molecule has 2 saturated carbocycles. The van der Waals surface area contributed by atoms with Crippen LogP contribution < -0.4 is 10.6 Å². The fourth-order valence-electron chi connectivity index (χ4n) is 2.01. The Morgan fingerprint density at radius 3 is 2.12 bits per heavy atom. The molecular formula is C11H18N2O4. The molecule has 0 bridgehead atoms. The average molecular weight is 242 g/mol. The van der Waals surface area contributed by atoms with Crippen LogP contribution in [0.25, 0.3) is 0 Å². The molecule has 0 unspecified atom stereocenters. The van der Waals surface area contributed by atoms with Crippen molar-refractivity contribution < 1.29 is 19.8 Å². The van der Waals surface area contributed by atoms with Gasteiger partial charge in [0.2, 0.25) is 0 Å². The van der Waals surface area contributed by atoms with Crippen LogP contribution in [0, 0.1) is 11.8 Å². The predicted molar refractivity (Wildman–Crippen MR) is 59.4 cm³/mol. The number of rotatable bonds is 6. The van der Waals surface area contributed by atoms with Crippen molar-refractivity contribution in [2.24, 2.45) is 11.8 Å². The molecule has 0 aliphatic heterocycles. The molecule has 0 spiro atoms. The Kier molecular flexibility index (Phi) is 3.51. The zero-order valence-corrected chi connectivity index (χ0v) is 9.56. The van der Waals surface area contributed by atoms with Gasteiger partial charge in [0.25, 0.3) is 0 Å². The first-order valence-electron chi connectivity index (χ1n) is 6.03. The maximum Gasteiger partial charge on any atom is 0.334 e. The summed E-state index contributed by atoms with van der Waals surface area (Å²) in [5, 5.41) is 22.7. The van der Waals surface area contributed by atoms with Gasteiger partial charge in [0, 0.05) is 6.04 Å². The molecule has 0 radical (unpaired) electrons. The molecular weight excluding hydrogens is 224 g/mol. The molecule has 2 rings (SSSR count). The van der Waals surface area contributed by atoms with Crippen LogP contribution in [0.3, 0.4) is 0 Å². The van der Waals surface area contributed by atoms with Gasteiger partial charge in [-0.05, 0) is 37.5 Å². The van der Waals surface area contributed by atoms with E-state index >= 15 is 0 Å². The number of aliphatic carboxylic acids is 1. The second kappa shape index (κ2) is 4.91. The van der Waals surface area contributed by atoms with Crippen molar-refractivity contribution >= 4 is 12.0 Å². The molecule has 0 heterocycles. The summed E-state index contributed by atoms with van der Waals surface area (Å²) in [5.41, 5.74) is 0. The van der Waals surface area contributed by atoms with Crippen molar-refractivity contribution in [3.8, 4) is 0 Å². The summed E-state index contributed by atoms with van der Waals surface area (Å²) >= 11 is 0. The zero-order chi connectivity index (χ0) is 12.4. The highest BCUT2D eigenvalue weighted by Gasteiger charge is 2.42. The average Bonchev–Trinajstić information content (AvgIpc) is 3.15. The largest absolute Gasteiger partial charge is 0.479 e. The van der Waals surface area contributed by atoms with Gasteiger partial charge in [0.05, 0.1) is 6.54 Å². The van der Waals surface area contributed by atoms with Gasteiger partial charge in [-0.3, -0.25) is 0 Å². The van der Waals surface area contributed by atoms with Crippen LogP contribution >= 0.6 is 0 Å². The van der Waals surface area contributed by atoms with Crippen molar-refractivity contribution in [3.05, 3.63) is 0 Å². The van der Waals surface area contributed by atoms with E-state index in [1.165, 1.54) is 25.7 Å². The molecule has 0 aromatic rings. The second-order valence-corrected chi connectivity index (χ2v) is 4.91. The summed E-state index contributed by atoms with van der Waals surface area (Å²) < 4.78 is 0. The Hall–Kier alpha value is -1.30. The van der Waals surface area contributed by atoms with Gasteiger partial charge in [-0.2, -0.15) is 0 Å². The smallest absolute Gasteiger partial charge is 0.334 e. The van der Waals surface area contributed by atoms with Crippen LogP contribution in [0.15, 0.2) is 0 Å². The topological polar surface area (TPSA) is 98.7 Å². The fourth-order valence-corrected chi connectivity index (χ4v) is 2.01. The van der Waals surface area contributed by atoms with Crippen LogP contribution in [0.2, 0.25) is 0 Å². The maximum absolute atomic E-state index is 11.5. The Morgan fingerprint density at radius 2 is 1.71 bits per heavy atom. The van der Waals surface area contributed by atoms with E-state index in [1.807, 2.05) is 0 Å². The molecule has 4 N–H and O–H groups in total. The van der Waals surface area contributed by atoms with Crippen molar-refractivity contribution in [1.82, 2.24) is 10.6 Å². The lowest BCUT2D eigenvalue weighted by Crippen LogP contribution is -2.47. The van der Waals surface area contributed by atoms with E-state index in [1.54, 1.807) is 0 Å². The van der Waals surface area contributed by atoms with E-state index in [2.05, 4.69) is 10.6 Å². The molecule has 6 heteroatoms. The molecule has 0 saturated heterocycles. The van der Waals surface area contributed by atoms with E-state index < -0.39 is 12.1 Å². The monoisotopic (exact) mass is 242 g/mol. The van der Waals surface area contributed by atoms with E-state index in [0.29, 0.717) is 11.8 Å². The molecule has 2 aliphatic rings. The number of carboxylic acid groups (broad SMARTS) is 1. The summed E-state index contributed by atoms with van der Waals surface area (Å²) in [5.74, 6) is -0.137. The molecule has 2 fully saturated rings. The molecule has 1 atom stereocenters. The Morgan fingerprint density at radius 1 is 1.18 bits per heavy atom. The van der Waals surface area contributed by atoms with Gasteiger partial charge < -0.3 is 20.8 Å². The van der Waals surface area contributed by atoms with Crippen molar-refractivity contribution in [3.63, 3.8) is 0 Å². The minimum absolute atomic E-state index is 0.233. The Labute approximate surface area is 99.4 Å². The lowest BCUT2D eigenvalue weighted by molar-refractivity contribution is -0.146. The fraction of sp³-hybridized carbons (Fsp3) is 0.818. The zero-order valence-electron chi connectivity index (χ0n) is 9.56. The number of amides is 2. The van der Waals surface area contributed by atoms with Crippen molar-refractivity contribution in [1.29, 1.82) is 0 Å². The SMILES string of the molecule is O=C(NC[C@H](O)C(=O)O)NC(C1CC1)C1CC1. The van der Waals surface area contributed by atoms with E-state index in [0.717, 1.165) is 0 Å². The van der Waals surface area contributed by atoms with Crippen LogP contribution in [0.1, 0.15) is 25.7 Å². The summed E-state index contributed by atoms with van der Waals surface area (Å²) in [6.45, 7) is -0.261. The van der Waals surface area contributed by atoms with Crippen LogP contribution in [-0.2, 0) is 4.79 Å². The molecule has 0 aromatic heterocycles. The second-order valence-electron chi connectivity index (χ2n) is 4.91. The highest BCUT2D eigenvalue weighted by molar-refractivity contribution is 5.77. The van der Waals surface area contributed by atoms with Gasteiger partial charge in [-0.25, -0.2) is 9.59 Å². The van der Waals surface area contributed by atoms with Crippen LogP contribution in [0.4, 0.5) is 4.79 Å². The highest BCUT2D eigenvalue weighted by Crippen LogP contribution is 2.44. The van der Waals surface area contributed by atoms with E-state index in [4.69, 9.17) is 10.2 Å². The first kappa shape index (κ1) is 12.2. The Balaban J connectivity index is 1.70. The number of nitrogens with one attached hydrogen (secondary N) is 2. The molecule has 96 valence electrons. The lowest BCUT2D eigenvalue weighted by atomic mass is 10.1. The third kappa shape index (κ3) is 3.59. The number of carboxylic acids is 1. The summed E-state index contributed by atoms with van der Waals surface area (Å²) in [6.07, 6.45) is 3.12. The minimum Gasteiger partial charge on any atom is -0.479 e. The highest BCUT2D eigenvalue weighted by atomic mass is 16.4. The van der Waals surface area contributed by atoms with Gasteiger partial charge in [-0.1, -0.05) is 0 Å². The summed E-state index contributed by atoms with van der Waals surface area (Å²) in [7, 11) is 0. The van der Waals surface area contributed by atoms with Crippen LogP contribution in [0.5, 0.6) is 0 Å². The van der Waals surface area contributed by atoms with Crippen LogP contribution in [-0.4, -0.2) is 40.9 Å². The van der Waals surface area contributed by atoms with E-state index in [9.17, 15) is 9.59 Å². The number of carbonyl (C=O) groups is 2. The van der Waals surface area contributed by atoms with Gasteiger partial charge >= 0.3 is 12.0 Å². The lowest BCUT2D eigenvalue weighted by Gasteiger charge is -2.18. The van der Waals surface area contributed by atoms with Gasteiger partial charge in [0.15, 0.2) is 6.10 Å². The minimum atomic E-state index is -1.54. The standard InChI is InChI=1S/C11H18N2O4/c14-8(10(15)16)5-12-11(17)13-9(6-1-2-6)7-3-4-7/h6-9,14H,1-5H2,(H,15,16)(H2,12,13,17)/t8-/m0/s1. The quantitative estimate of drug-likeness (QED) is 0.523. The molecule has 17 heavy (non-hydrogen) atoms. The number of hydrogen-bond acceptors (Lipinski definition) is 3. The van der Waals surface area contributed by atoms with Gasteiger partial charge in [0.1, 0.15) is 0 Å². The summed E-state index contributed by atoms with van der Waals surface area (Å²) in [4.78, 5) is 21.9. The molecule has 0 aromatic carbocycles. The molecule has 2 aliphatic carbocycles. The normalized spacial score (nSPS) is 21.1. The number of aliphatic hydroxyl groups is 1. The number of hydrogen-bond donors (Lipinski definition) is 4. The molecule has 6 nitrogen and oxygen atoms in total. The number of aliphatic hydroxyl groups excluding tert-OH is 1. The summed E-state index contributed by atoms with van der Waals surface area (Å²) in [6, 6.07) is -0.147. The molecule has 2 amide bonds. The predicted octanol–water partition coefficient (Wildman–Crippen LogP) is -0.0803. The Bertz CT molecular complexity index is 301. The van der Waals surface area contributed by atoms with Crippen molar-refractivity contribution in [2.75, 3.05) is 6.54 Å². The number of urea groups is 1. The maximum atomic E-state index is 11.5. The third-order valence-corrected chi connectivity index (χ3v) is 3.30.